The van der Waals surface area contributed by atoms with Crippen LogP contribution in [0.25, 0.3) is 10.8 Å². The summed E-state index contributed by atoms with van der Waals surface area (Å²) in [6, 6.07) is 7.78. The molecule has 0 aromatic heterocycles. The summed E-state index contributed by atoms with van der Waals surface area (Å²) in [6.45, 7) is 3.31. The van der Waals surface area contributed by atoms with E-state index in [0.29, 0.717) is 29.3 Å². The Morgan fingerprint density at radius 2 is 1.70 bits per heavy atom. The van der Waals surface area contributed by atoms with Crippen molar-refractivity contribution < 1.29 is 14.5 Å². The van der Waals surface area contributed by atoms with Crippen LogP contribution in [0, 0.1) is 10.1 Å². The molecule has 140 valence electrons. The van der Waals surface area contributed by atoms with Crippen LogP contribution in [0.1, 0.15) is 46.4 Å². The van der Waals surface area contributed by atoms with E-state index in [1.807, 2.05) is 0 Å². The molecule has 0 saturated carbocycles. The Bertz CT molecular complexity index is 934. The van der Waals surface area contributed by atoms with Crippen molar-refractivity contribution >= 4 is 28.3 Å². The number of carbonyl (C=O) groups excluding carboxylic acids is 2. The second kappa shape index (κ2) is 7.08. The second-order valence-electron chi connectivity index (χ2n) is 7.17. The minimum absolute atomic E-state index is 0.134. The van der Waals surface area contributed by atoms with Gasteiger partial charge in [-0.05, 0) is 50.3 Å². The quantitative estimate of drug-likeness (QED) is 0.460. The van der Waals surface area contributed by atoms with Crippen LogP contribution in [0.4, 0.5) is 5.69 Å². The van der Waals surface area contributed by atoms with Crippen molar-refractivity contribution in [2.24, 2.45) is 0 Å². The number of hydrogen-bond donors (Lipinski definition) is 0. The first-order valence-electron chi connectivity index (χ1n) is 9.36. The first kappa shape index (κ1) is 17.6. The normalized spacial score (nSPS) is 17.6. The molecule has 2 aliphatic rings. The zero-order chi connectivity index (χ0) is 19.0. The standard InChI is InChI=1S/C20H21N3O4/c24-19-16-7-4-6-14-12-15(23(26)27)13-17(18(14)16)20(25)22(19)11-5-10-21-8-2-1-3-9-21/h4,6-7,12-13H,1-3,5,8-11H2. The predicted octanol–water partition coefficient (Wildman–Crippen LogP) is 3.22. The van der Waals surface area contributed by atoms with Crippen molar-refractivity contribution in [2.45, 2.75) is 25.7 Å². The van der Waals surface area contributed by atoms with Gasteiger partial charge in [-0.15, -0.1) is 0 Å². The molecule has 27 heavy (non-hydrogen) atoms. The molecule has 1 saturated heterocycles. The Balaban J connectivity index is 1.61. The van der Waals surface area contributed by atoms with Crippen LogP contribution in [0.15, 0.2) is 30.3 Å². The van der Waals surface area contributed by atoms with Gasteiger partial charge in [0.1, 0.15) is 0 Å². The Hall–Kier alpha value is -2.80. The first-order valence-corrected chi connectivity index (χ1v) is 9.36. The number of benzene rings is 2. The molecule has 2 aliphatic heterocycles. The zero-order valence-corrected chi connectivity index (χ0v) is 15.0. The van der Waals surface area contributed by atoms with Crippen LogP contribution in [-0.2, 0) is 0 Å². The second-order valence-corrected chi connectivity index (χ2v) is 7.17. The lowest BCUT2D eigenvalue weighted by Gasteiger charge is -2.29. The highest BCUT2D eigenvalue weighted by molar-refractivity contribution is 6.25. The van der Waals surface area contributed by atoms with Crippen molar-refractivity contribution in [3.8, 4) is 0 Å². The third-order valence-electron chi connectivity index (χ3n) is 5.43. The maximum Gasteiger partial charge on any atom is 0.270 e. The largest absolute Gasteiger partial charge is 0.303 e. The highest BCUT2D eigenvalue weighted by Crippen LogP contribution is 2.33. The first-order chi connectivity index (χ1) is 13.1. The van der Waals surface area contributed by atoms with E-state index in [1.165, 1.54) is 36.3 Å². The number of rotatable bonds is 5. The van der Waals surface area contributed by atoms with Crippen LogP contribution in [0.2, 0.25) is 0 Å². The van der Waals surface area contributed by atoms with Crippen LogP contribution in [0.3, 0.4) is 0 Å². The molecule has 1 fully saturated rings. The number of hydrogen-bond acceptors (Lipinski definition) is 5. The maximum absolute atomic E-state index is 12.9. The van der Waals surface area contributed by atoms with Gasteiger partial charge >= 0.3 is 0 Å². The molecule has 7 nitrogen and oxygen atoms in total. The summed E-state index contributed by atoms with van der Waals surface area (Å²) >= 11 is 0. The number of piperidine rings is 1. The molecule has 0 radical (unpaired) electrons. The SMILES string of the molecule is O=C1c2cccc3cc([N+](=O)[O-])cc(c23)C(=O)N1CCCN1CCCCC1. The van der Waals surface area contributed by atoms with Crippen LogP contribution in [-0.4, -0.2) is 52.7 Å². The topological polar surface area (TPSA) is 83.8 Å². The maximum atomic E-state index is 12.9. The van der Waals surface area contributed by atoms with Crippen molar-refractivity contribution in [1.82, 2.24) is 9.80 Å². The number of nitrogens with zero attached hydrogens (tertiary/aromatic N) is 3. The highest BCUT2D eigenvalue weighted by atomic mass is 16.6. The van der Waals surface area contributed by atoms with E-state index < -0.39 is 10.8 Å². The molecule has 0 bridgehead atoms. The summed E-state index contributed by atoms with van der Waals surface area (Å²) in [7, 11) is 0. The van der Waals surface area contributed by atoms with Crippen molar-refractivity contribution in [3.63, 3.8) is 0 Å². The summed E-state index contributed by atoms with van der Waals surface area (Å²) in [4.78, 5) is 40.1. The smallest absolute Gasteiger partial charge is 0.270 e. The van der Waals surface area contributed by atoms with Crippen LogP contribution < -0.4 is 0 Å². The van der Waals surface area contributed by atoms with Gasteiger partial charge in [-0.1, -0.05) is 18.6 Å². The van der Waals surface area contributed by atoms with E-state index in [1.54, 1.807) is 18.2 Å². The lowest BCUT2D eigenvalue weighted by Crippen LogP contribution is -2.42. The Morgan fingerprint density at radius 3 is 2.44 bits per heavy atom. The fraction of sp³-hybridized carbons (Fsp3) is 0.400. The molecule has 0 N–H and O–H groups in total. The van der Waals surface area contributed by atoms with Gasteiger partial charge in [0.05, 0.1) is 10.5 Å². The number of amides is 2. The van der Waals surface area contributed by atoms with Gasteiger partial charge in [0.15, 0.2) is 0 Å². The molecule has 0 unspecified atom stereocenters. The molecular weight excluding hydrogens is 346 g/mol. The number of likely N-dealkylation sites (tertiary alicyclic amines) is 1. The molecule has 0 atom stereocenters. The van der Waals surface area contributed by atoms with E-state index in [9.17, 15) is 19.7 Å². The minimum Gasteiger partial charge on any atom is -0.303 e. The molecule has 2 aromatic carbocycles. The third-order valence-corrected chi connectivity index (χ3v) is 5.43. The number of nitro benzene ring substituents is 1. The molecule has 7 heteroatoms. The van der Waals surface area contributed by atoms with E-state index in [-0.39, 0.29) is 17.2 Å². The minimum atomic E-state index is -0.507. The van der Waals surface area contributed by atoms with Gasteiger partial charge in [-0.3, -0.25) is 24.6 Å². The van der Waals surface area contributed by atoms with Gasteiger partial charge < -0.3 is 4.90 Å². The monoisotopic (exact) mass is 367 g/mol. The lowest BCUT2D eigenvalue weighted by atomic mass is 9.93. The summed E-state index contributed by atoms with van der Waals surface area (Å²) in [5.41, 5.74) is 0.549. The van der Waals surface area contributed by atoms with Gasteiger partial charge in [0, 0.05) is 29.6 Å². The fourth-order valence-corrected chi connectivity index (χ4v) is 4.09. The lowest BCUT2D eigenvalue weighted by molar-refractivity contribution is -0.384. The van der Waals surface area contributed by atoms with E-state index in [4.69, 9.17) is 0 Å². The number of carbonyl (C=O) groups is 2. The molecule has 2 heterocycles. The van der Waals surface area contributed by atoms with Crippen molar-refractivity contribution in [1.29, 1.82) is 0 Å². The van der Waals surface area contributed by atoms with Gasteiger partial charge in [0.2, 0.25) is 0 Å². The predicted molar refractivity (Wildman–Crippen MR) is 101 cm³/mol. The van der Waals surface area contributed by atoms with Gasteiger partial charge in [-0.2, -0.15) is 0 Å². The Labute approximate surface area is 156 Å². The van der Waals surface area contributed by atoms with Crippen LogP contribution in [0.5, 0.6) is 0 Å². The van der Waals surface area contributed by atoms with Gasteiger partial charge in [-0.25, -0.2) is 0 Å². The Morgan fingerprint density at radius 1 is 0.963 bits per heavy atom. The summed E-state index contributed by atoms with van der Waals surface area (Å²) in [5.74, 6) is -0.753. The van der Waals surface area contributed by atoms with Gasteiger partial charge in [0.25, 0.3) is 17.5 Å². The van der Waals surface area contributed by atoms with E-state index in [0.717, 1.165) is 19.6 Å². The molecule has 2 aromatic rings. The molecule has 4 rings (SSSR count). The number of non-ortho nitro benzene ring substituents is 1. The van der Waals surface area contributed by atoms with E-state index in [2.05, 4.69) is 4.90 Å². The summed E-state index contributed by atoms with van der Waals surface area (Å²) in [5, 5.41) is 12.3. The highest BCUT2D eigenvalue weighted by Gasteiger charge is 2.34. The van der Waals surface area contributed by atoms with Crippen LogP contribution >= 0.6 is 0 Å². The number of nitro groups is 1. The average molecular weight is 367 g/mol. The number of imide groups is 1. The van der Waals surface area contributed by atoms with E-state index >= 15 is 0 Å². The molecule has 0 spiro atoms. The summed E-state index contributed by atoms with van der Waals surface area (Å²) in [6.07, 6.45) is 4.36. The average Bonchev–Trinajstić information content (AvgIpc) is 2.69. The Kier molecular flexibility index (Phi) is 4.61. The third kappa shape index (κ3) is 3.19. The zero-order valence-electron chi connectivity index (χ0n) is 15.0. The summed E-state index contributed by atoms with van der Waals surface area (Å²) < 4.78 is 0. The van der Waals surface area contributed by atoms with Crippen molar-refractivity contribution in [2.75, 3.05) is 26.2 Å². The molecule has 0 aliphatic carbocycles. The molecule has 2 amide bonds. The van der Waals surface area contributed by atoms with Crippen molar-refractivity contribution in [3.05, 3.63) is 51.6 Å². The molecular formula is C20H21N3O4. The fourth-order valence-electron chi connectivity index (χ4n) is 4.09.